The Labute approximate surface area is 358 Å². The molecule has 0 aliphatic rings. The number of anilines is 3. The third-order valence-electron chi connectivity index (χ3n) is 9.38. The highest BCUT2D eigenvalue weighted by molar-refractivity contribution is 6.19. The summed E-state index contributed by atoms with van der Waals surface area (Å²) in [4.78, 5) is 0.599. The topological polar surface area (TPSA) is 16.4 Å². The van der Waals surface area contributed by atoms with Gasteiger partial charge in [0, 0.05) is 22.1 Å². The van der Waals surface area contributed by atoms with E-state index < -0.39 is 217 Å². The fourth-order valence-corrected chi connectivity index (χ4v) is 6.79. The molecule has 0 saturated heterocycles. The summed E-state index contributed by atoms with van der Waals surface area (Å²) in [7, 11) is 0. The number of hydrogen-bond donors (Lipinski definition) is 0. The van der Waals surface area contributed by atoms with Crippen LogP contribution in [0.25, 0.3) is 87.6 Å². The zero-order valence-electron chi connectivity index (χ0n) is 52.7. The Kier molecular flexibility index (Phi) is 3.79. The Morgan fingerprint density at radius 2 is 1.07 bits per heavy atom. The van der Waals surface area contributed by atoms with Crippen LogP contribution in [-0.2, 0) is 0 Å². The summed E-state index contributed by atoms with van der Waals surface area (Å²) in [5, 5.41) is -1.39. The fraction of sp³-hybridized carbons (Fsp3) is 0. The molecule has 0 bridgehead atoms. The first-order valence-corrected chi connectivity index (χ1v) is 17.2. The normalized spacial score (nSPS) is 17.6. The van der Waals surface area contributed by atoms with E-state index in [0.29, 0.717) is 10.5 Å². The Morgan fingerprint density at radius 1 is 0.411 bits per heavy atom. The van der Waals surface area contributed by atoms with Crippen molar-refractivity contribution in [3.63, 3.8) is 0 Å². The van der Waals surface area contributed by atoms with Crippen LogP contribution in [0.3, 0.4) is 0 Å². The van der Waals surface area contributed by atoms with Gasteiger partial charge in [0.15, 0.2) is 0 Å². The van der Waals surface area contributed by atoms with E-state index in [1.165, 1.54) is 0 Å². The van der Waals surface area contributed by atoms with E-state index in [9.17, 15) is 15.1 Å². The average Bonchev–Trinajstić information content (AvgIpc) is 4.03. The number of hydrogen-bond acceptors (Lipinski definition) is 2. The van der Waals surface area contributed by atoms with E-state index in [1.54, 1.807) is 24.3 Å². The summed E-state index contributed by atoms with van der Waals surface area (Å²) in [5.74, 6) is 0. The molecule has 0 spiro atoms. The van der Waals surface area contributed by atoms with E-state index >= 15 is 0 Å². The molecule has 11 aromatic rings. The maximum Gasteiger partial charge on any atom is 0.143 e. The van der Waals surface area contributed by atoms with E-state index in [2.05, 4.69) is 0 Å². The maximum absolute atomic E-state index is 9.81. The number of benzene rings is 10. The number of fused-ring (bicyclic) bond motifs is 7. The van der Waals surface area contributed by atoms with Gasteiger partial charge in [-0.15, -0.1) is 0 Å². The minimum atomic E-state index is -1.14. The van der Waals surface area contributed by atoms with Crippen LogP contribution < -0.4 is 4.90 Å². The van der Waals surface area contributed by atoms with Gasteiger partial charge in [0.1, 0.15) is 11.2 Å². The summed E-state index contributed by atoms with van der Waals surface area (Å²) in [6.45, 7) is 0. The van der Waals surface area contributed by atoms with Crippen LogP contribution in [0.4, 0.5) is 17.1 Å². The van der Waals surface area contributed by atoms with Gasteiger partial charge in [0.05, 0.1) is 44.0 Å². The van der Waals surface area contributed by atoms with Crippen molar-refractivity contribution in [2.75, 3.05) is 4.90 Å². The number of rotatable bonds is 6. The van der Waals surface area contributed by atoms with Crippen molar-refractivity contribution in [1.29, 1.82) is 0 Å². The molecule has 0 aliphatic carbocycles. The van der Waals surface area contributed by atoms with Crippen LogP contribution in [0.2, 0.25) is 0 Å². The molecule has 10 aromatic carbocycles. The van der Waals surface area contributed by atoms with Crippen molar-refractivity contribution in [1.82, 2.24) is 0 Å². The molecule has 2 nitrogen and oxygen atoms in total. The minimum Gasteiger partial charge on any atom is -0.455 e. The summed E-state index contributed by atoms with van der Waals surface area (Å²) >= 11 is 0. The number of nitrogens with zero attached hydrogens (tertiary/aromatic N) is 1. The first-order chi connectivity index (χ1) is 37.8. The van der Waals surface area contributed by atoms with Gasteiger partial charge in [-0.25, -0.2) is 0 Å². The second kappa shape index (κ2) is 13.2. The van der Waals surface area contributed by atoms with Gasteiger partial charge >= 0.3 is 0 Å². The molecule has 1 heterocycles. The van der Waals surface area contributed by atoms with E-state index in [1.807, 2.05) is 42.5 Å². The molecule has 0 N–H and O–H groups in total. The van der Waals surface area contributed by atoms with Gasteiger partial charge < -0.3 is 9.32 Å². The minimum absolute atomic E-state index is 0.195. The lowest BCUT2D eigenvalue weighted by molar-refractivity contribution is 0.672. The van der Waals surface area contributed by atoms with Gasteiger partial charge in [0.2, 0.25) is 0 Å². The molecule has 56 heavy (non-hydrogen) atoms. The van der Waals surface area contributed by atoms with Crippen LogP contribution in [0.15, 0.2) is 216 Å². The zero-order chi connectivity index (χ0) is 57.9. The second-order valence-electron chi connectivity index (χ2n) is 12.6. The van der Waals surface area contributed by atoms with Crippen LogP contribution in [-0.4, -0.2) is 0 Å². The zero-order valence-corrected chi connectivity index (χ0v) is 28.7. The fourth-order valence-electron chi connectivity index (χ4n) is 6.79. The lowest BCUT2D eigenvalue weighted by Gasteiger charge is -2.26. The molecule has 0 aliphatic heterocycles. The van der Waals surface area contributed by atoms with Crippen LogP contribution in [0.1, 0.15) is 32.9 Å². The third-order valence-corrected chi connectivity index (χ3v) is 9.38. The molecular formula is C54H35NO. The summed E-state index contributed by atoms with van der Waals surface area (Å²) in [5.41, 5.74) is -4.19. The first kappa shape index (κ1) is 16.1. The molecule has 2 heteroatoms. The predicted octanol–water partition coefficient (Wildman–Crippen LogP) is 15.5. The van der Waals surface area contributed by atoms with Crippen molar-refractivity contribution in [3.8, 4) is 33.4 Å². The molecule has 0 unspecified atom stereocenters. The smallest absolute Gasteiger partial charge is 0.143 e. The summed E-state index contributed by atoms with van der Waals surface area (Å²) in [6, 6.07) is -1.27. The number of furan rings is 1. The largest absolute Gasteiger partial charge is 0.455 e. The Hall–Kier alpha value is -7.42. The highest BCUT2D eigenvalue weighted by Crippen LogP contribution is 2.45. The van der Waals surface area contributed by atoms with Gasteiger partial charge in [-0.1, -0.05) is 157 Å². The molecule has 1 aromatic heterocycles. The SMILES string of the molecule is [2H]c1c([2H])c(N(c2c([2H])c([2H])c(-c3c([2H])c([2H])c4c([2H])c([2H])c([2H])c([2H])c4c3[2H])c([2H])c2[2H])c2c([2H])c([2H])c([2H])c3oc4c5c([2H])c([2H])c([2H])c([2H])c5c([2H])c([2H])c4c23)c([2H])c([2H])c1-c1cccc(-c2cccc3ccccc23)c1. The van der Waals surface area contributed by atoms with Gasteiger partial charge in [-0.3, -0.25) is 0 Å². The van der Waals surface area contributed by atoms with E-state index in [0.717, 1.165) is 16.3 Å². The van der Waals surface area contributed by atoms with Crippen LogP contribution >= 0.6 is 0 Å². The van der Waals surface area contributed by atoms with E-state index in [-0.39, 0.29) is 11.1 Å². The van der Waals surface area contributed by atoms with Crippen LogP contribution in [0, 0.1) is 0 Å². The molecule has 262 valence electrons. The van der Waals surface area contributed by atoms with Gasteiger partial charge in [-0.05, 0) is 115 Å². The highest BCUT2D eigenvalue weighted by Gasteiger charge is 2.21. The predicted molar refractivity (Wildman–Crippen MR) is 237 cm³/mol. The van der Waals surface area contributed by atoms with Crippen molar-refractivity contribution in [3.05, 3.63) is 212 Å². The summed E-state index contributed by atoms with van der Waals surface area (Å²) < 4.78 is 225. The molecule has 0 fully saturated rings. The standard InChI is InChI=1S/C54H35NO/c1-2-13-41-34-43(23-22-36(41)10-1)38-26-31-46(32-27-38)55(51-20-9-21-52-53(51)50-33-28-40-12-4-6-18-49(40)54(50)56-52)45-29-24-37(25-30-45)42-15-7-16-44(35-42)48-19-8-14-39-11-3-5-17-47(39)48/h1-35H/i1D,2D,4D,6D,9D,10D,12D,13D,18D,20D,21D,22D,23D,24D,25D,26D,27D,28D,29D,30D,31D,32D,33D,34D. The second-order valence-corrected chi connectivity index (χ2v) is 12.6. The molecule has 0 saturated carbocycles. The molecule has 0 radical (unpaired) electrons. The van der Waals surface area contributed by atoms with Gasteiger partial charge in [-0.2, -0.15) is 0 Å². The molecule has 11 rings (SSSR count). The Morgan fingerprint density at radius 3 is 1.91 bits per heavy atom. The quantitative estimate of drug-likeness (QED) is 0.169. The molecule has 0 amide bonds. The van der Waals surface area contributed by atoms with Crippen molar-refractivity contribution in [2.24, 2.45) is 0 Å². The maximum atomic E-state index is 9.81. The average molecular weight is 738 g/mol. The highest BCUT2D eigenvalue weighted by atomic mass is 16.3. The van der Waals surface area contributed by atoms with E-state index in [4.69, 9.17) is 22.2 Å². The van der Waals surface area contributed by atoms with Crippen molar-refractivity contribution >= 4 is 71.3 Å². The summed E-state index contributed by atoms with van der Waals surface area (Å²) in [6.07, 6.45) is 0. The Bertz CT molecular complexity index is 4600. The molecular weight excluding hydrogens is 679 g/mol. The third kappa shape index (κ3) is 5.42. The lowest BCUT2D eigenvalue weighted by Crippen LogP contribution is -2.10. The van der Waals surface area contributed by atoms with Crippen molar-refractivity contribution in [2.45, 2.75) is 0 Å². The van der Waals surface area contributed by atoms with Crippen molar-refractivity contribution < 1.29 is 37.3 Å². The lowest BCUT2D eigenvalue weighted by atomic mass is 9.95. The Balaban J connectivity index is 1.29. The first-order valence-electron chi connectivity index (χ1n) is 29.2. The molecule has 0 atom stereocenters. The van der Waals surface area contributed by atoms with Gasteiger partial charge in [0.25, 0.3) is 0 Å². The monoisotopic (exact) mass is 737 g/mol. The van der Waals surface area contributed by atoms with Crippen LogP contribution in [0.5, 0.6) is 0 Å².